The monoisotopic (exact) mass is 340 g/mol. The van der Waals surface area contributed by atoms with Crippen molar-refractivity contribution in [1.82, 2.24) is 0 Å². The minimum Gasteiger partial charge on any atom is -0.378 e. The molecule has 0 spiro atoms. The lowest BCUT2D eigenvalue weighted by Crippen LogP contribution is -2.19. The average molecular weight is 340 g/mol. The molecular weight excluding hydrogens is 316 g/mol. The molecule has 0 atom stereocenters. The molecular formula is C24H24N2. The number of rotatable bonds is 3. The zero-order valence-corrected chi connectivity index (χ0v) is 15.6. The zero-order chi connectivity index (χ0) is 18.1. The number of fused-ring (bicyclic) bond motifs is 2. The summed E-state index contributed by atoms with van der Waals surface area (Å²) in [5, 5.41) is 0. The van der Waals surface area contributed by atoms with Crippen molar-refractivity contribution in [3.8, 4) is 0 Å². The van der Waals surface area contributed by atoms with Gasteiger partial charge in [0.15, 0.2) is 0 Å². The Morgan fingerprint density at radius 1 is 0.808 bits per heavy atom. The van der Waals surface area contributed by atoms with E-state index >= 15 is 0 Å². The number of para-hydroxylation sites is 1. The molecule has 26 heavy (non-hydrogen) atoms. The maximum atomic E-state index is 2.30. The summed E-state index contributed by atoms with van der Waals surface area (Å²) >= 11 is 0. The summed E-state index contributed by atoms with van der Waals surface area (Å²) in [5.74, 6) is 0. The Hall–Kier alpha value is -3.00. The van der Waals surface area contributed by atoms with Crippen molar-refractivity contribution >= 4 is 29.2 Å². The number of nitrogens with zero attached hydrogens (tertiary/aromatic N) is 2. The van der Waals surface area contributed by atoms with E-state index in [1.165, 1.54) is 39.3 Å². The van der Waals surface area contributed by atoms with Gasteiger partial charge in [0.05, 0.1) is 0 Å². The van der Waals surface area contributed by atoms with Gasteiger partial charge in [0, 0.05) is 44.6 Å². The molecule has 1 heterocycles. The molecule has 2 heteroatoms. The van der Waals surface area contributed by atoms with Gasteiger partial charge in [0.1, 0.15) is 0 Å². The van der Waals surface area contributed by atoms with Crippen molar-refractivity contribution in [2.24, 2.45) is 0 Å². The van der Waals surface area contributed by atoms with Crippen LogP contribution in [0, 0.1) is 0 Å². The van der Waals surface area contributed by atoms with Gasteiger partial charge in [-0.25, -0.2) is 0 Å². The molecule has 0 aromatic heterocycles. The van der Waals surface area contributed by atoms with E-state index in [1.807, 2.05) is 0 Å². The molecule has 0 unspecified atom stereocenters. The Balaban J connectivity index is 1.66. The van der Waals surface area contributed by atoms with Crippen LogP contribution in [-0.2, 0) is 6.42 Å². The maximum Gasteiger partial charge on any atom is 0.0450 e. The fourth-order valence-corrected chi connectivity index (χ4v) is 3.63. The molecule has 0 saturated heterocycles. The van der Waals surface area contributed by atoms with Crippen molar-refractivity contribution in [2.45, 2.75) is 6.42 Å². The van der Waals surface area contributed by atoms with Crippen LogP contribution in [0.5, 0.6) is 0 Å². The third-order valence-corrected chi connectivity index (χ3v) is 5.13. The molecule has 2 nitrogen and oxygen atoms in total. The fourth-order valence-electron chi connectivity index (χ4n) is 3.63. The van der Waals surface area contributed by atoms with Gasteiger partial charge in [-0.3, -0.25) is 0 Å². The summed E-state index contributed by atoms with van der Waals surface area (Å²) in [6.07, 6.45) is 5.43. The van der Waals surface area contributed by atoms with Crippen LogP contribution < -0.4 is 9.80 Å². The number of hydrogen-bond acceptors (Lipinski definition) is 2. The molecule has 1 aliphatic rings. The van der Waals surface area contributed by atoms with E-state index in [1.54, 1.807) is 0 Å². The normalized spacial score (nSPS) is 12.8. The van der Waals surface area contributed by atoms with E-state index in [2.05, 4.69) is 110 Å². The summed E-state index contributed by atoms with van der Waals surface area (Å²) in [7, 11) is 6.29. The second kappa shape index (κ2) is 6.72. The van der Waals surface area contributed by atoms with E-state index in [0.29, 0.717) is 0 Å². The van der Waals surface area contributed by atoms with Gasteiger partial charge in [-0.1, -0.05) is 54.6 Å². The minimum absolute atomic E-state index is 0.982. The summed E-state index contributed by atoms with van der Waals surface area (Å²) in [6.45, 7) is 0. The smallest absolute Gasteiger partial charge is 0.0450 e. The summed E-state index contributed by atoms with van der Waals surface area (Å²) in [5.41, 5.74) is 9.12. The lowest BCUT2D eigenvalue weighted by molar-refractivity contribution is 1.05. The van der Waals surface area contributed by atoms with E-state index in [0.717, 1.165) is 6.42 Å². The Morgan fingerprint density at radius 2 is 1.54 bits per heavy atom. The third kappa shape index (κ3) is 2.99. The van der Waals surface area contributed by atoms with Crippen molar-refractivity contribution in [2.75, 3.05) is 30.9 Å². The van der Waals surface area contributed by atoms with Crippen LogP contribution in [0.1, 0.15) is 22.3 Å². The van der Waals surface area contributed by atoms with Crippen molar-refractivity contribution in [3.63, 3.8) is 0 Å². The molecule has 4 rings (SSSR count). The van der Waals surface area contributed by atoms with Crippen LogP contribution in [-0.4, -0.2) is 21.1 Å². The standard InChI is InChI=1S/C24H24N2/c1-25(2)21-15-12-18(13-16-21)11-14-19-8-6-10-24-22(19)17-20-7-4-5-9-23(20)26(24)3/h4-16H,17H2,1-3H3. The van der Waals surface area contributed by atoms with Crippen molar-refractivity contribution in [3.05, 3.63) is 89.0 Å². The Kier molecular flexibility index (Phi) is 4.26. The van der Waals surface area contributed by atoms with Crippen molar-refractivity contribution < 1.29 is 0 Å². The molecule has 1 aliphatic heterocycles. The quantitative estimate of drug-likeness (QED) is 0.573. The average Bonchev–Trinajstić information content (AvgIpc) is 2.67. The van der Waals surface area contributed by atoms with Gasteiger partial charge in [-0.05, 0) is 46.5 Å². The molecule has 0 N–H and O–H groups in total. The predicted molar refractivity (Wildman–Crippen MR) is 113 cm³/mol. The molecule has 0 fully saturated rings. The Bertz CT molecular complexity index is 952. The van der Waals surface area contributed by atoms with Gasteiger partial charge >= 0.3 is 0 Å². The van der Waals surface area contributed by atoms with Crippen molar-refractivity contribution in [1.29, 1.82) is 0 Å². The molecule has 0 aliphatic carbocycles. The van der Waals surface area contributed by atoms with Gasteiger partial charge in [-0.15, -0.1) is 0 Å². The molecule has 0 amide bonds. The highest BCUT2D eigenvalue weighted by Gasteiger charge is 2.20. The van der Waals surface area contributed by atoms with Gasteiger partial charge in [-0.2, -0.15) is 0 Å². The Labute approximate surface area is 156 Å². The highest BCUT2D eigenvalue weighted by atomic mass is 15.1. The first-order valence-corrected chi connectivity index (χ1v) is 9.02. The number of benzene rings is 3. The van der Waals surface area contributed by atoms with Crippen LogP contribution in [0.25, 0.3) is 12.2 Å². The summed E-state index contributed by atoms with van der Waals surface area (Å²) < 4.78 is 0. The topological polar surface area (TPSA) is 6.48 Å². The molecule has 3 aromatic rings. The van der Waals surface area contributed by atoms with E-state index in [-0.39, 0.29) is 0 Å². The first-order chi connectivity index (χ1) is 12.6. The van der Waals surface area contributed by atoms with Gasteiger partial charge < -0.3 is 9.80 Å². The molecule has 3 aromatic carbocycles. The largest absolute Gasteiger partial charge is 0.378 e. The van der Waals surface area contributed by atoms with E-state index in [9.17, 15) is 0 Å². The lowest BCUT2D eigenvalue weighted by Gasteiger charge is -2.31. The highest BCUT2D eigenvalue weighted by Crippen LogP contribution is 2.39. The fraction of sp³-hybridized carbons (Fsp3) is 0.167. The molecule has 0 saturated carbocycles. The zero-order valence-electron chi connectivity index (χ0n) is 15.6. The third-order valence-electron chi connectivity index (χ3n) is 5.13. The van der Waals surface area contributed by atoms with E-state index < -0.39 is 0 Å². The highest BCUT2D eigenvalue weighted by molar-refractivity contribution is 5.80. The Morgan fingerprint density at radius 3 is 2.31 bits per heavy atom. The second-order valence-electron chi connectivity index (χ2n) is 7.03. The second-order valence-corrected chi connectivity index (χ2v) is 7.03. The van der Waals surface area contributed by atoms with Crippen LogP contribution in [0.2, 0.25) is 0 Å². The van der Waals surface area contributed by atoms with E-state index in [4.69, 9.17) is 0 Å². The van der Waals surface area contributed by atoms with Crippen LogP contribution >= 0.6 is 0 Å². The predicted octanol–water partition coefficient (Wildman–Crippen LogP) is 5.60. The van der Waals surface area contributed by atoms with Gasteiger partial charge in [0.25, 0.3) is 0 Å². The van der Waals surface area contributed by atoms with Crippen LogP contribution in [0.15, 0.2) is 66.7 Å². The number of anilines is 3. The maximum absolute atomic E-state index is 2.30. The minimum atomic E-state index is 0.982. The summed E-state index contributed by atoms with van der Waals surface area (Å²) in [4.78, 5) is 4.42. The van der Waals surface area contributed by atoms with Crippen LogP contribution in [0.3, 0.4) is 0 Å². The molecule has 0 radical (unpaired) electrons. The first-order valence-electron chi connectivity index (χ1n) is 9.02. The molecule has 0 bridgehead atoms. The summed E-state index contributed by atoms with van der Waals surface area (Å²) in [6, 6.07) is 23.9. The SMILES string of the molecule is CN(C)c1ccc(C=Cc2cccc3c2Cc2ccccc2N3C)cc1. The number of hydrogen-bond donors (Lipinski definition) is 0. The first kappa shape index (κ1) is 16.5. The molecule has 130 valence electrons. The van der Waals surface area contributed by atoms with Gasteiger partial charge in [0.2, 0.25) is 0 Å². The lowest BCUT2D eigenvalue weighted by atomic mass is 9.92. The van der Waals surface area contributed by atoms with Crippen LogP contribution in [0.4, 0.5) is 17.1 Å².